The molecule has 126 valence electrons. The van der Waals surface area contributed by atoms with E-state index in [0.717, 1.165) is 36.8 Å². The third-order valence-corrected chi connectivity index (χ3v) is 4.02. The number of furan rings is 1. The summed E-state index contributed by atoms with van der Waals surface area (Å²) in [7, 11) is 3.77. The molecule has 0 radical (unpaired) electrons. The van der Waals surface area contributed by atoms with Crippen LogP contribution < -0.4 is 10.6 Å². The summed E-state index contributed by atoms with van der Waals surface area (Å²) in [5.74, 6) is 1.78. The quantitative estimate of drug-likeness (QED) is 0.631. The highest BCUT2D eigenvalue weighted by Gasteiger charge is 2.13. The molecule has 0 bridgehead atoms. The number of guanidine groups is 1. The summed E-state index contributed by atoms with van der Waals surface area (Å²) in [5, 5.41) is 11.2. The van der Waals surface area contributed by atoms with E-state index in [0.29, 0.717) is 0 Å². The first kappa shape index (κ1) is 17.1. The molecule has 2 aromatic rings. The molecule has 6 nitrogen and oxygen atoms in total. The van der Waals surface area contributed by atoms with Crippen molar-refractivity contribution in [2.75, 3.05) is 13.6 Å². The normalized spacial score (nSPS) is 13.2. The zero-order valence-corrected chi connectivity index (χ0v) is 14.7. The van der Waals surface area contributed by atoms with E-state index in [1.54, 1.807) is 13.3 Å². The van der Waals surface area contributed by atoms with Crippen LogP contribution in [0.2, 0.25) is 0 Å². The Morgan fingerprint density at radius 3 is 2.78 bits per heavy atom. The topological polar surface area (TPSA) is 67.4 Å². The molecule has 2 aromatic heterocycles. The standard InChI is InChI=1S/C17H27N5O/c1-12(11-16-13(2)21-22(5)14(16)3)20-17(18-4)19-9-8-15-7-6-10-23-15/h6-7,10,12H,8-9,11H2,1-5H3,(H2,18,19,20). The summed E-state index contributed by atoms with van der Waals surface area (Å²) >= 11 is 0. The molecule has 2 heterocycles. The lowest BCUT2D eigenvalue weighted by molar-refractivity contribution is 0.506. The average Bonchev–Trinajstić information content (AvgIpc) is 3.11. The minimum atomic E-state index is 0.270. The lowest BCUT2D eigenvalue weighted by Gasteiger charge is -2.18. The SMILES string of the molecule is CN=C(NCCc1ccco1)NC(C)Cc1c(C)nn(C)c1C. The summed E-state index contributed by atoms with van der Waals surface area (Å²) < 4.78 is 7.27. The Hall–Kier alpha value is -2.24. The van der Waals surface area contributed by atoms with Crippen LogP contribution in [0.25, 0.3) is 0 Å². The second-order valence-corrected chi connectivity index (χ2v) is 5.85. The fourth-order valence-electron chi connectivity index (χ4n) is 2.66. The maximum atomic E-state index is 5.33. The number of aromatic nitrogens is 2. The van der Waals surface area contributed by atoms with E-state index in [-0.39, 0.29) is 6.04 Å². The van der Waals surface area contributed by atoms with E-state index in [4.69, 9.17) is 4.42 Å². The first-order valence-corrected chi connectivity index (χ1v) is 8.00. The van der Waals surface area contributed by atoms with Crippen LogP contribution in [-0.4, -0.2) is 35.4 Å². The molecule has 1 unspecified atom stereocenters. The molecule has 0 aliphatic rings. The van der Waals surface area contributed by atoms with Crippen molar-refractivity contribution in [1.82, 2.24) is 20.4 Å². The molecule has 0 fully saturated rings. The molecule has 23 heavy (non-hydrogen) atoms. The highest BCUT2D eigenvalue weighted by molar-refractivity contribution is 5.79. The minimum Gasteiger partial charge on any atom is -0.469 e. The zero-order chi connectivity index (χ0) is 16.8. The van der Waals surface area contributed by atoms with Gasteiger partial charge >= 0.3 is 0 Å². The monoisotopic (exact) mass is 317 g/mol. The summed E-state index contributed by atoms with van der Waals surface area (Å²) in [6.45, 7) is 7.11. The van der Waals surface area contributed by atoms with Crippen molar-refractivity contribution >= 4 is 5.96 Å². The summed E-state index contributed by atoms with van der Waals surface area (Å²) in [4.78, 5) is 4.28. The molecule has 0 saturated carbocycles. The van der Waals surface area contributed by atoms with E-state index in [2.05, 4.69) is 41.5 Å². The first-order valence-electron chi connectivity index (χ1n) is 8.00. The summed E-state index contributed by atoms with van der Waals surface area (Å²) in [6, 6.07) is 4.16. The number of aryl methyl sites for hydroxylation is 2. The van der Waals surface area contributed by atoms with Crippen molar-refractivity contribution in [2.45, 2.75) is 39.7 Å². The van der Waals surface area contributed by atoms with E-state index in [1.165, 1.54) is 11.3 Å². The third kappa shape index (κ3) is 4.61. The molecule has 0 aliphatic heterocycles. The maximum Gasteiger partial charge on any atom is 0.191 e. The lowest BCUT2D eigenvalue weighted by Crippen LogP contribution is -2.43. The highest BCUT2D eigenvalue weighted by atomic mass is 16.3. The van der Waals surface area contributed by atoms with Crippen LogP contribution in [-0.2, 0) is 19.9 Å². The lowest BCUT2D eigenvalue weighted by atomic mass is 10.1. The van der Waals surface area contributed by atoms with Gasteiger partial charge in [-0.1, -0.05) is 0 Å². The highest BCUT2D eigenvalue weighted by Crippen LogP contribution is 2.14. The van der Waals surface area contributed by atoms with Crippen LogP contribution in [0.3, 0.4) is 0 Å². The van der Waals surface area contributed by atoms with Crippen LogP contribution in [0.4, 0.5) is 0 Å². The Morgan fingerprint density at radius 2 is 2.22 bits per heavy atom. The fraction of sp³-hybridized carbons (Fsp3) is 0.529. The molecule has 1 atom stereocenters. The van der Waals surface area contributed by atoms with Gasteiger partial charge in [-0.2, -0.15) is 5.10 Å². The van der Waals surface area contributed by atoms with Gasteiger partial charge in [0.15, 0.2) is 5.96 Å². The molecular weight excluding hydrogens is 290 g/mol. The summed E-state index contributed by atoms with van der Waals surface area (Å²) in [6.07, 6.45) is 3.45. The molecule has 6 heteroatoms. The Morgan fingerprint density at radius 1 is 1.43 bits per heavy atom. The summed E-state index contributed by atoms with van der Waals surface area (Å²) in [5.41, 5.74) is 3.62. The van der Waals surface area contributed by atoms with E-state index in [9.17, 15) is 0 Å². The molecule has 2 rings (SSSR count). The molecule has 0 spiro atoms. The Kier molecular flexibility index (Phi) is 5.84. The van der Waals surface area contributed by atoms with Gasteiger partial charge in [0, 0.05) is 38.8 Å². The van der Waals surface area contributed by atoms with Crippen molar-refractivity contribution < 1.29 is 4.42 Å². The second kappa shape index (κ2) is 7.85. The number of nitrogens with one attached hydrogen (secondary N) is 2. The second-order valence-electron chi connectivity index (χ2n) is 5.85. The van der Waals surface area contributed by atoms with Gasteiger partial charge in [-0.3, -0.25) is 9.67 Å². The van der Waals surface area contributed by atoms with E-state index >= 15 is 0 Å². The number of hydrogen-bond donors (Lipinski definition) is 2. The average molecular weight is 317 g/mol. The van der Waals surface area contributed by atoms with Gasteiger partial charge in [-0.15, -0.1) is 0 Å². The van der Waals surface area contributed by atoms with Gasteiger partial charge in [0.25, 0.3) is 0 Å². The van der Waals surface area contributed by atoms with Crippen molar-refractivity contribution in [1.29, 1.82) is 0 Å². The van der Waals surface area contributed by atoms with Gasteiger partial charge in [0.05, 0.1) is 12.0 Å². The first-order chi connectivity index (χ1) is 11.0. The van der Waals surface area contributed by atoms with Crippen LogP contribution >= 0.6 is 0 Å². The van der Waals surface area contributed by atoms with Gasteiger partial charge in [-0.25, -0.2) is 0 Å². The van der Waals surface area contributed by atoms with Gasteiger partial charge in [-0.05, 0) is 44.9 Å². The van der Waals surface area contributed by atoms with Gasteiger partial charge < -0.3 is 15.1 Å². The van der Waals surface area contributed by atoms with Gasteiger partial charge in [0.1, 0.15) is 5.76 Å². The zero-order valence-electron chi connectivity index (χ0n) is 14.7. The minimum absolute atomic E-state index is 0.270. The Balaban J connectivity index is 1.83. The fourth-order valence-corrected chi connectivity index (χ4v) is 2.66. The largest absolute Gasteiger partial charge is 0.469 e. The Bertz CT molecular complexity index is 642. The van der Waals surface area contributed by atoms with Crippen LogP contribution in [0.5, 0.6) is 0 Å². The molecule has 0 aromatic carbocycles. The smallest absolute Gasteiger partial charge is 0.191 e. The molecular formula is C17H27N5O. The predicted molar refractivity (Wildman–Crippen MR) is 92.8 cm³/mol. The Labute approximate surface area is 138 Å². The molecule has 0 amide bonds. The van der Waals surface area contributed by atoms with Crippen molar-refractivity contribution in [3.63, 3.8) is 0 Å². The van der Waals surface area contributed by atoms with Crippen LogP contribution in [0.1, 0.15) is 29.6 Å². The van der Waals surface area contributed by atoms with E-state index < -0.39 is 0 Å². The van der Waals surface area contributed by atoms with Crippen molar-refractivity contribution in [3.8, 4) is 0 Å². The maximum absolute atomic E-state index is 5.33. The molecule has 0 saturated heterocycles. The number of nitrogens with zero attached hydrogens (tertiary/aromatic N) is 3. The number of aliphatic imine (C=N–C) groups is 1. The van der Waals surface area contributed by atoms with Crippen LogP contribution in [0, 0.1) is 13.8 Å². The number of rotatable bonds is 6. The van der Waals surface area contributed by atoms with Gasteiger partial charge in [0.2, 0.25) is 0 Å². The van der Waals surface area contributed by atoms with E-state index in [1.807, 2.05) is 23.9 Å². The third-order valence-electron chi connectivity index (χ3n) is 4.02. The molecule has 0 aliphatic carbocycles. The van der Waals surface area contributed by atoms with Crippen molar-refractivity contribution in [2.24, 2.45) is 12.0 Å². The number of hydrogen-bond acceptors (Lipinski definition) is 3. The van der Waals surface area contributed by atoms with Crippen LogP contribution in [0.15, 0.2) is 27.8 Å². The van der Waals surface area contributed by atoms with Crippen molar-refractivity contribution in [3.05, 3.63) is 41.1 Å². The molecule has 2 N–H and O–H groups in total. The predicted octanol–water partition coefficient (Wildman–Crippen LogP) is 1.97.